The zero-order valence-corrected chi connectivity index (χ0v) is 10.5. The minimum Gasteiger partial charge on any atom is -0.315 e. The molecule has 17 heavy (non-hydrogen) atoms. The summed E-state index contributed by atoms with van der Waals surface area (Å²) in [6.07, 6.45) is 3.55. The summed E-state index contributed by atoms with van der Waals surface area (Å²) in [6.45, 7) is 5.45. The predicted octanol–water partition coefficient (Wildman–Crippen LogP) is 0.233. The van der Waals surface area contributed by atoms with Crippen molar-refractivity contribution in [3.05, 3.63) is 11.6 Å². The molecule has 0 amide bonds. The quantitative estimate of drug-likeness (QED) is 0.757. The Bertz CT molecular complexity index is 386. The molecule has 0 saturated carbocycles. The Hall–Kier alpha value is -0.940. The number of rotatable bonds is 1. The maximum absolute atomic E-state index is 4.46. The van der Waals surface area contributed by atoms with Crippen molar-refractivity contribution in [1.29, 1.82) is 0 Å². The third-order valence-electron chi connectivity index (χ3n) is 3.88. The van der Waals surface area contributed by atoms with E-state index in [0.29, 0.717) is 5.92 Å². The Kier molecular flexibility index (Phi) is 3.11. The fourth-order valence-corrected chi connectivity index (χ4v) is 2.97. The van der Waals surface area contributed by atoms with Gasteiger partial charge in [-0.15, -0.1) is 10.2 Å². The van der Waals surface area contributed by atoms with Crippen LogP contribution in [-0.2, 0) is 13.0 Å². The highest BCUT2D eigenvalue weighted by Gasteiger charge is 2.25. The van der Waals surface area contributed by atoms with Crippen LogP contribution >= 0.6 is 0 Å². The molecule has 5 heteroatoms. The van der Waals surface area contributed by atoms with Gasteiger partial charge in [0.15, 0.2) is 0 Å². The molecule has 3 heterocycles. The molecular formula is C12H21N5. The van der Waals surface area contributed by atoms with Gasteiger partial charge in [-0.3, -0.25) is 0 Å². The molecule has 2 aliphatic heterocycles. The summed E-state index contributed by atoms with van der Waals surface area (Å²) >= 11 is 0. The molecule has 5 nitrogen and oxygen atoms in total. The van der Waals surface area contributed by atoms with Crippen LogP contribution in [0.5, 0.6) is 0 Å². The highest BCUT2D eigenvalue weighted by Crippen LogP contribution is 2.25. The lowest BCUT2D eigenvalue weighted by atomic mass is 9.97. The minimum atomic E-state index is 0.577. The first kappa shape index (κ1) is 11.2. The molecule has 1 unspecified atom stereocenters. The third kappa shape index (κ3) is 2.21. The summed E-state index contributed by atoms with van der Waals surface area (Å²) in [5, 5.41) is 12.2. The summed E-state index contributed by atoms with van der Waals surface area (Å²) in [4.78, 5) is 2.41. The van der Waals surface area contributed by atoms with Crippen molar-refractivity contribution in [1.82, 2.24) is 25.0 Å². The minimum absolute atomic E-state index is 0.577. The lowest BCUT2D eigenvalue weighted by Gasteiger charge is -2.29. The SMILES string of the molecule is CN1CCCC(c2nnc3n2CCNCC3)C1. The van der Waals surface area contributed by atoms with Gasteiger partial charge in [0.2, 0.25) is 0 Å². The molecular weight excluding hydrogens is 214 g/mol. The third-order valence-corrected chi connectivity index (χ3v) is 3.88. The molecule has 1 fully saturated rings. The highest BCUT2D eigenvalue weighted by atomic mass is 15.3. The molecule has 0 radical (unpaired) electrons. The first-order chi connectivity index (χ1) is 8.34. The van der Waals surface area contributed by atoms with E-state index in [9.17, 15) is 0 Å². The van der Waals surface area contributed by atoms with Crippen molar-refractivity contribution in [2.45, 2.75) is 31.7 Å². The Morgan fingerprint density at radius 2 is 2.18 bits per heavy atom. The molecule has 1 N–H and O–H groups in total. The molecule has 94 valence electrons. The number of fused-ring (bicyclic) bond motifs is 1. The standard InChI is InChI=1S/C12H21N5/c1-16-7-2-3-10(9-16)12-15-14-11-4-5-13-6-8-17(11)12/h10,13H,2-9H2,1H3. The summed E-state index contributed by atoms with van der Waals surface area (Å²) in [7, 11) is 2.20. The molecule has 0 spiro atoms. The topological polar surface area (TPSA) is 46.0 Å². The van der Waals surface area contributed by atoms with Gasteiger partial charge in [0.05, 0.1) is 0 Å². The zero-order chi connectivity index (χ0) is 11.7. The number of likely N-dealkylation sites (tertiary alicyclic amines) is 1. The van der Waals surface area contributed by atoms with Crippen molar-refractivity contribution < 1.29 is 0 Å². The predicted molar refractivity (Wildman–Crippen MR) is 66.1 cm³/mol. The van der Waals surface area contributed by atoms with Gasteiger partial charge in [-0.1, -0.05) is 0 Å². The smallest absolute Gasteiger partial charge is 0.137 e. The van der Waals surface area contributed by atoms with Gasteiger partial charge in [-0.05, 0) is 26.4 Å². The summed E-state index contributed by atoms with van der Waals surface area (Å²) in [6, 6.07) is 0. The molecule has 0 aromatic carbocycles. The van der Waals surface area contributed by atoms with E-state index in [1.54, 1.807) is 0 Å². The van der Waals surface area contributed by atoms with Gasteiger partial charge >= 0.3 is 0 Å². The molecule has 0 aliphatic carbocycles. The van der Waals surface area contributed by atoms with E-state index in [-0.39, 0.29) is 0 Å². The number of hydrogen-bond acceptors (Lipinski definition) is 4. The average Bonchev–Trinajstić information content (AvgIpc) is 2.59. The first-order valence-corrected chi connectivity index (χ1v) is 6.66. The number of likely N-dealkylation sites (N-methyl/N-ethyl adjacent to an activating group) is 1. The summed E-state index contributed by atoms with van der Waals surface area (Å²) < 4.78 is 2.35. The maximum Gasteiger partial charge on any atom is 0.137 e. The summed E-state index contributed by atoms with van der Waals surface area (Å²) in [5.74, 6) is 2.96. The number of nitrogens with one attached hydrogen (secondary N) is 1. The van der Waals surface area contributed by atoms with E-state index < -0.39 is 0 Å². The lowest BCUT2D eigenvalue weighted by molar-refractivity contribution is 0.242. The van der Waals surface area contributed by atoms with E-state index in [1.165, 1.54) is 31.0 Å². The van der Waals surface area contributed by atoms with E-state index in [2.05, 4.69) is 32.0 Å². The van der Waals surface area contributed by atoms with Gasteiger partial charge < -0.3 is 14.8 Å². The van der Waals surface area contributed by atoms with Crippen molar-refractivity contribution in [2.75, 3.05) is 33.2 Å². The normalized spacial score (nSPS) is 26.5. The summed E-state index contributed by atoms with van der Waals surface area (Å²) in [5.41, 5.74) is 0. The van der Waals surface area contributed by atoms with Crippen molar-refractivity contribution in [3.8, 4) is 0 Å². The highest BCUT2D eigenvalue weighted by molar-refractivity contribution is 5.05. The fraction of sp³-hybridized carbons (Fsp3) is 0.833. The molecule has 3 rings (SSSR count). The number of nitrogens with zero attached hydrogens (tertiary/aromatic N) is 4. The Morgan fingerprint density at radius 3 is 3.06 bits per heavy atom. The second-order valence-electron chi connectivity index (χ2n) is 5.23. The fourth-order valence-electron chi connectivity index (χ4n) is 2.97. The van der Waals surface area contributed by atoms with Crippen molar-refractivity contribution >= 4 is 0 Å². The molecule has 1 aromatic rings. The molecule has 1 saturated heterocycles. The van der Waals surface area contributed by atoms with Gasteiger partial charge in [-0.2, -0.15) is 0 Å². The monoisotopic (exact) mass is 235 g/mol. The molecule has 1 aromatic heterocycles. The van der Waals surface area contributed by atoms with Crippen molar-refractivity contribution in [3.63, 3.8) is 0 Å². The Balaban J connectivity index is 1.84. The van der Waals surface area contributed by atoms with Gasteiger partial charge in [0.1, 0.15) is 11.6 Å². The van der Waals surface area contributed by atoms with E-state index >= 15 is 0 Å². The number of hydrogen-bond donors (Lipinski definition) is 1. The molecule has 0 bridgehead atoms. The first-order valence-electron chi connectivity index (χ1n) is 6.66. The van der Waals surface area contributed by atoms with Crippen LogP contribution in [0.25, 0.3) is 0 Å². The van der Waals surface area contributed by atoms with Crippen LogP contribution < -0.4 is 5.32 Å². The van der Waals surface area contributed by atoms with Crippen molar-refractivity contribution in [2.24, 2.45) is 0 Å². The van der Waals surface area contributed by atoms with Gasteiger partial charge in [0.25, 0.3) is 0 Å². The van der Waals surface area contributed by atoms with E-state index in [0.717, 1.165) is 32.6 Å². The van der Waals surface area contributed by atoms with Crippen LogP contribution in [0, 0.1) is 0 Å². The van der Waals surface area contributed by atoms with Crippen LogP contribution in [0.4, 0.5) is 0 Å². The Labute approximate surface area is 102 Å². The van der Waals surface area contributed by atoms with Gasteiger partial charge in [-0.25, -0.2) is 0 Å². The Morgan fingerprint density at radius 1 is 1.24 bits per heavy atom. The van der Waals surface area contributed by atoms with Crippen LogP contribution in [0.3, 0.4) is 0 Å². The van der Waals surface area contributed by atoms with Crippen LogP contribution in [0.1, 0.15) is 30.4 Å². The second-order valence-corrected chi connectivity index (χ2v) is 5.23. The molecule has 2 aliphatic rings. The largest absolute Gasteiger partial charge is 0.315 e. The van der Waals surface area contributed by atoms with Crippen LogP contribution in [0.15, 0.2) is 0 Å². The number of piperidine rings is 1. The maximum atomic E-state index is 4.46. The van der Waals surface area contributed by atoms with Crippen LogP contribution in [-0.4, -0.2) is 52.9 Å². The molecule has 1 atom stereocenters. The number of aromatic nitrogens is 3. The van der Waals surface area contributed by atoms with Gasteiger partial charge in [0, 0.05) is 38.5 Å². The average molecular weight is 235 g/mol. The lowest BCUT2D eigenvalue weighted by Crippen LogP contribution is -2.32. The van der Waals surface area contributed by atoms with E-state index in [1.807, 2.05) is 0 Å². The second kappa shape index (κ2) is 4.74. The zero-order valence-electron chi connectivity index (χ0n) is 10.5. The van der Waals surface area contributed by atoms with Crippen LogP contribution in [0.2, 0.25) is 0 Å². The van der Waals surface area contributed by atoms with E-state index in [4.69, 9.17) is 0 Å².